The van der Waals surface area contributed by atoms with E-state index in [1.54, 1.807) is 21.0 Å². The minimum atomic E-state index is -0.385. The van der Waals surface area contributed by atoms with E-state index in [1.807, 2.05) is 0 Å². The van der Waals surface area contributed by atoms with Crippen LogP contribution in [0.3, 0.4) is 0 Å². The minimum Gasteiger partial charge on any atom is -0.465 e. The van der Waals surface area contributed by atoms with Gasteiger partial charge in [-0.05, 0) is 6.92 Å². The summed E-state index contributed by atoms with van der Waals surface area (Å²) in [5.41, 5.74) is 0.636. The van der Waals surface area contributed by atoms with Gasteiger partial charge in [-0.3, -0.25) is 0 Å². The number of aromatic nitrogens is 1. The van der Waals surface area contributed by atoms with Crippen LogP contribution in [0.15, 0.2) is 0 Å². The van der Waals surface area contributed by atoms with Gasteiger partial charge in [0.05, 0.1) is 12.8 Å². The molecule has 1 rings (SSSR count). The molecule has 19 heavy (non-hydrogen) atoms. The molecule has 0 unspecified atom stereocenters. The molecule has 7 nitrogen and oxygen atoms in total. The molecular formula is C11H18N4O3S. The number of urea groups is 1. The quantitative estimate of drug-likeness (QED) is 0.621. The van der Waals surface area contributed by atoms with E-state index in [1.165, 1.54) is 23.3 Å². The highest BCUT2D eigenvalue weighted by molar-refractivity contribution is 7.17. The molecule has 0 fully saturated rings. The molecule has 0 aliphatic carbocycles. The number of carbonyl (C=O) groups excluding carboxylic acids is 2. The molecule has 2 amide bonds. The third kappa shape index (κ3) is 4.40. The standard InChI is InChI=1S/C11H18N4O3S/c1-7-8(9(16)18-4)19-10(14-7)12-5-6-13-11(17)15(2)3/h5-6H2,1-4H3,(H,12,14)(H,13,17). The molecule has 0 saturated carbocycles. The van der Waals surface area contributed by atoms with E-state index in [0.717, 1.165) is 0 Å². The van der Waals surface area contributed by atoms with Crippen LogP contribution < -0.4 is 10.6 Å². The number of carbonyl (C=O) groups is 2. The lowest BCUT2D eigenvalue weighted by Crippen LogP contribution is -2.37. The van der Waals surface area contributed by atoms with Gasteiger partial charge in [-0.25, -0.2) is 14.6 Å². The highest BCUT2D eigenvalue weighted by Crippen LogP contribution is 2.22. The number of esters is 1. The molecular weight excluding hydrogens is 268 g/mol. The van der Waals surface area contributed by atoms with Gasteiger partial charge in [-0.15, -0.1) is 0 Å². The maximum Gasteiger partial charge on any atom is 0.350 e. The van der Waals surface area contributed by atoms with Crippen molar-refractivity contribution < 1.29 is 14.3 Å². The van der Waals surface area contributed by atoms with E-state index in [2.05, 4.69) is 20.4 Å². The average molecular weight is 286 g/mol. The number of hydrogen-bond acceptors (Lipinski definition) is 6. The Morgan fingerprint density at radius 1 is 1.37 bits per heavy atom. The topological polar surface area (TPSA) is 83.6 Å². The first kappa shape index (κ1) is 15.2. The molecule has 0 radical (unpaired) electrons. The number of anilines is 1. The monoisotopic (exact) mass is 286 g/mol. The maximum absolute atomic E-state index is 11.4. The van der Waals surface area contributed by atoms with Gasteiger partial charge in [-0.2, -0.15) is 0 Å². The molecule has 8 heteroatoms. The summed E-state index contributed by atoms with van der Waals surface area (Å²) >= 11 is 1.24. The highest BCUT2D eigenvalue weighted by Gasteiger charge is 2.15. The van der Waals surface area contributed by atoms with E-state index in [9.17, 15) is 9.59 Å². The van der Waals surface area contributed by atoms with Crippen molar-refractivity contribution in [3.8, 4) is 0 Å². The third-order valence-electron chi connectivity index (χ3n) is 2.25. The normalized spacial score (nSPS) is 9.89. The summed E-state index contributed by atoms with van der Waals surface area (Å²) in [7, 11) is 4.69. The Bertz CT molecular complexity index is 459. The van der Waals surface area contributed by atoms with Crippen molar-refractivity contribution in [2.24, 2.45) is 0 Å². The van der Waals surface area contributed by atoms with Crippen LogP contribution in [0.25, 0.3) is 0 Å². The number of hydrogen-bond donors (Lipinski definition) is 2. The van der Waals surface area contributed by atoms with Crippen LogP contribution in [-0.4, -0.2) is 56.2 Å². The predicted molar refractivity (Wildman–Crippen MR) is 73.8 cm³/mol. The first-order valence-corrected chi connectivity index (χ1v) is 6.52. The average Bonchev–Trinajstić information content (AvgIpc) is 2.74. The second-order valence-corrected chi connectivity index (χ2v) is 4.98. The van der Waals surface area contributed by atoms with Crippen LogP contribution in [0, 0.1) is 6.92 Å². The smallest absolute Gasteiger partial charge is 0.350 e. The first-order valence-electron chi connectivity index (χ1n) is 5.70. The molecule has 0 aromatic carbocycles. The highest BCUT2D eigenvalue weighted by atomic mass is 32.1. The molecule has 0 aliphatic rings. The Morgan fingerprint density at radius 3 is 2.63 bits per heavy atom. The van der Waals surface area contributed by atoms with Crippen LogP contribution in [-0.2, 0) is 4.74 Å². The van der Waals surface area contributed by atoms with E-state index in [0.29, 0.717) is 28.8 Å². The minimum absolute atomic E-state index is 0.146. The van der Waals surface area contributed by atoms with Crippen LogP contribution in [0.2, 0.25) is 0 Å². The second kappa shape index (κ2) is 6.93. The van der Waals surface area contributed by atoms with Crippen LogP contribution in [0.1, 0.15) is 15.4 Å². The SMILES string of the molecule is COC(=O)c1sc(NCCNC(=O)N(C)C)nc1C. The van der Waals surface area contributed by atoms with Crippen molar-refractivity contribution in [3.05, 3.63) is 10.6 Å². The molecule has 0 saturated heterocycles. The second-order valence-electron chi connectivity index (χ2n) is 3.98. The zero-order valence-electron chi connectivity index (χ0n) is 11.4. The van der Waals surface area contributed by atoms with Gasteiger partial charge in [-0.1, -0.05) is 11.3 Å². The van der Waals surface area contributed by atoms with Gasteiger partial charge >= 0.3 is 12.0 Å². The number of nitrogens with zero attached hydrogens (tertiary/aromatic N) is 2. The fourth-order valence-corrected chi connectivity index (χ4v) is 2.16. The summed E-state index contributed by atoms with van der Waals surface area (Å²) in [6.07, 6.45) is 0. The predicted octanol–water partition coefficient (Wildman–Crippen LogP) is 0.921. The molecule has 1 heterocycles. The van der Waals surface area contributed by atoms with Gasteiger partial charge in [0.25, 0.3) is 0 Å². The third-order valence-corrected chi connectivity index (χ3v) is 3.35. The largest absolute Gasteiger partial charge is 0.465 e. The molecule has 0 atom stereocenters. The molecule has 1 aromatic rings. The molecule has 2 N–H and O–H groups in total. The lowest BCUT2D eigenvalue weighted by molar-refractivity contribution is 0.0605. The van der Waals surface area contributed by atoms with E-state index in [4.69, 9.17) is 0 Å². The zero-order valence-corrected chi connectivity index (χ0v) is 12.3. The summed E-state index contributed by atoms with van der Waals surface area (Å²) in [4.78, 5) is 28.8. The number of aryl methyl sites for hydroxylation is 1. The number of methoxy groups -OCH3 is 1. The summed E-state index contributed by atoms with van der Waals surface area (Å²) in [6, 6.07) is -0.146. The van der Waals surface area contributed by atoms with Gasteiger partial charge in [0, 0.05) is 27.2 Å². The number of rotatable bonds is 5. The number of amides is 2. The molecule has 1 aromatic heterocycles. The Morgan fingerprint density at radius 2 is 2.05 bits per heavy atom. The summed E-state index contributed by atoms with van der Waals surface area (Å²) in [5, 5.41) is 6.40. The lowest BCUT2D eigenvalue weighted by atomic mass is 10.4. The molecule has 0 bridgehead atoms. The molecule has 0 aliphatic heterocycles. The van der Waals surface area contributed by atoms with Crippen LogP contribution in [0.4, 0.5) is 9.93 Å². The summed E-state index contributed by atoms with van der Waals surface area (Å²) in [6.45, 7) is 2.76. The Kier molecular flexibility index (Phi) is 5.56. The Labute approximate surface area is 116 Å². The van der Waals surface area contributed by atoms with Crippen molar-refractivity contribution in [1.82, 2.24) is 15.2 Å². The van der Waals surface area contributed by atoms with Crippen LogP contribution in [0.5, 0.6) is 0 Å². The number of thiazole rings is 1. The van der Waals surface area contributed by atoms with Crippen molar-refractivity contribution in [1.29, 1.82) is 0 Å². The van der Waals surface area contributed by atoms with Crippen molar-refractivity contribution in [3.63, 3.8) is 0 Å². The Balaban J connectivity index is 2.42. The van der Waals surface area contributed by atoms with Crippen LogP contribution >= 0.6 is 11.3 Å². The summed E-state index contributed by atoms with van der Waals surface area (Å²) in [5.74, 6) is -0.385. The Hall–Kier alpha value is -1.83. The van der Waals surface area contributed by atoms with Crippen molar-refractivity contribution >= 4 is 28.5 Å². The van der Waals surface area contributed by atoms with Crippen molar-refractivity contribution in [2.45, 2.75) is 6.92 Å². The lowest BCUT2D eigenvalue weighted by Gasteiger charge is -2.11. The van der Waals surface area contributed by atoms with Gasteiger partial charge < -0.3 is 20.3 Å². The van der Waals surface area contributed by atoms with E-state index < -0.39 is 0 Å². The van der Waals surface area contributed by atoms with Gasteiger partial charge in [0.1, 0.15) is 4.88 Å². The maximum atomic E-state index is 11.4. The van der Waals surface area contributed by atoms with Gasteiger partial charge in [0.2, 0.25) is 0 Å². The van der Waals surface area contributed by atoms with E-state index >= 15 is 0 Å². The van der Waals surface area contributed by atoms with Gasteiger partial charge in [0.15, 0.2) is 5.13 Å². The fraction of sp³-hybridized carbons (Fsp3) is 0.545. The number of ether oxygens (including phenoxy) is 1. The summed E-state index contributed by atoms with van der Waals surface area (Å²) < 4.78 is 4.66. The first-order chi connectivity index (χ1) is 8.95. The molecule has 0 spiro atoms. The van der Waals surface area contributed by atoms with E-state index in [-0.39, 0.29) is 12.0 Å². The molecule has 106 valence electrons. The van der Waals surface area contributed by atoms with Crippen molar-refractivity contribution in [2.75, 3.05) is 39.6 Å². The zero-order chi connectivity index (χ0) is 14.4. The fourth-order valence-electron chi connectivity index (χ4n) is 1.25. The number of nitrogens with one attached hydrogen (secondary N) is 2.